The van der Waals surface area contributed by atoms with Crippen molar-refractivity contribution in [2.24, 2.45) is 16.2 Å². The predicted molar refractivity (Wildman–Crippen MR) is 160 cm³/mol. The van der Waals surface area contributed by atoms with Gasteiger partial charge in [-0.05, 0) is 66.4 Å². The van der Waals surface area contributed by atoms with Gasteiger partial charge in [-0.1, -0.05) is 40.7 Å². The maximum Gasteiger partial charge on any atom is 0.346 e. The molecule has 208 valence electrons. The van der Waals surface area contributed by atoms with Crippen LogP contribution in [0.1, 0.15) is 75.3 Å². The standard InChI is InChI=1S/C32H34N2O4S2/c1-30(2)10-12-34-13-11-31(3,4)32(5)16-18-15-21(29(37)38-26(18)25(30)27(32)34)22-8-9-24(40-22)23-7-6-20(39-23)14-19(17-33)28(35)36/h6,8-9,14-15,23H,7,10-13,16H2,1-5H3,(H,35,36)/b19-14+. The summed E-state index contributed by atoms with van der Waals surface area (Å²) in [6.07, 6.45) is 7.16. The Hall–Kier alpha value is -3.02. The molecule has 6 rings (SSSR count). The van der Waals surface area contributed by atoms with Gasteiger partial charge in [0.05, 0.1) is 5.56 Å². The molecule has 2 unspecified atom stereocenters. The van der Waals surface area contributed by atoms with Crippen LogP contribution >= 0.6 is 23.1 Å². The molecular formula is C32H34N2O4S2. The minimum Gasteiger partial charge on any atom is -0.477 e. The quantitative estimate of drug-likeness (QED) is 0.300. The maximum atomic E-state index is 13.5. The molecule has 0 radical (unpaired) electrons. The lowest BCUT2D eigenvalue weighted by Gasteiger charge is -2.60. The number of carbonyl (C=O) groups is 1. The van der Waals surface area contributed by atoms with E-state index in [0.29, 0.717) is 5.56 Å². The normalized spacial score (nSPS) is 26.6. The Morgan fingerprint density at radius 2 is 1.95 bits per heavy atom. The molecule has 0 spiro atoms. The zero-order valence-corrected chi connectivity index (χ0v) is 25.2. The predicted octanol–water partition coefficient (Wildman–Crippen LogP) is 7.40. The van der Waals surface area contributed by atoms with Crippen LogP contribution in [0.15, 0.2) is 55.7 Å². The largest absolute Gasteiger partial charge is 0.477 e. The molecule has 3 aliphatic heterocycles. The number of rotatable bonds is 4. The summed E-state index contributed by atoms with van der Waals surface area (Å²) in [5, 5.41) is 18.4. The Labute approximate surface area is 243 Å². The molecule has 5 heterocycles. The SMILES string of the molecule is CC1(C)CCN2CCC(C)(C)C3(C)Cc4cc(-c5ccc(C6CC=C(/C=C(\C#N)C(=O)O)S6)s5)c(=O)oc4C1=C23. The maximum absolute atomic E-state index is 13.5. The lowest BCUT2D eigenvalue weighted by Crippen LogP contribution is -2.55. The van der Waals surface area contributed by atoms with E-state index in [4.69, 9.17) is 9.68 Å². The number of hydrogen-bond acceptors (Lipinski definition) is 7. The third-order valence-corrected chi connectivity index (χ3v) is 12.4. The van der Waals surface area contributed by atoms with Gasteiger partial charge in [-0.15, -0.1) is 23.1 Å². The van der Waals surface area contributed by atoms with Gasteiger partial charge in [0.25, 0.3) is 0 Å². The van der Waals surface area contributed by atoms with Gasteiger partial charge in [0.15, 0.2) is 0 Å². The molecule has 6 nitrogen and oxygen atoms in total. The van der Waals surface area contributed by atoms with E-state index in [1.54, 1.807) is 29.2 Å². The first-order valence-corrected chi connectivity index (χ1v) is 15.5. The minimum absolute atomic E-state index is 0.0443. The number of thioether (sulfide) groups is 1. The van der Waals surface area contributed by atoms with Crippen molar-refractivity contribution in [1.29, 1.82) is 5.26 Å². The number of thiophene rings is 1. The Kier molecular flexibility index (Phi) is 6.28. The molecule has 0 bridgehead atoms. The molecule has 2 aromatic heterocycles. The molecule has 1 fully saturated rings. The molecule has 2 atom stereocenters. The van der Waals surface area contributed by atoms with Crippen LogP contribution in [0.3, 0.4) is 0 Å². The van der Waals surface area contributed by atoms with Crippen molar-refractivity contribution in [3.63, 3.8) is 0 Å². The number of piperidine rings is 1. The van der Waals surface area contributed by atoms with Crippen LogP contribution in [0.2, 0.25) is 0 Å². The van der Waals surface area contributed by atoms with E-state index in [1.165, 1.54) is 17.3 Å². The van der Waals surface area contributed by atoms with Gasteiger partial charge in [-0.3, -0.25) is 0 Å². The molecule has 2 aromatic rings. The fourth-order valence-corrected chi connectivity index (χ4v) is 9.23. The van der Waals surface area contributed by atoms with Crippen LogP contribution < -0.4 is 5.63 Å². The number of hydrogen-bond donors (Lipinski definition) is 1. The van der Waals surface area contributed by atoms with Crippen molar-refractivity contribution < 1.29 is 14.3 Å². The van der Waals surface area contributed by atoms with Crippen molar-refractivity contribution in [2.45, 2.75) is 65.6 Å². The van der Waals surface area contributed by atoms with Crippen molar-refractivity contribution in [3.05, 3.63) is 73.1 Å². The fourth-order valence-electron chi connectivity index (χ4n) is 6.84. The van der Waals surface area contributed by atoms with E-state index in [0.717, 1.165) is 64.8 Å². The molecule has 1 aliphatic carbocycles. The van der Waals surface area contributed by atoms with Gasteiger partial charge in [0.2, 0.25) is 0 Å². The zero-order chi connectivity index (χ0) is 28.6. The average molecular weight is 575 g/mol. The van der Waals surface area contributed by atoms with Gasteiger partial charge in [-0.25, -0.2) is 9.59 Å². The van der Waals surface area contributed by atoms with E-state index < -0.39 is 5.97 Å². The molecule has 4 aliphatic rings. The first kappa shape index (κ1) is 27.2. The third kappa shape index (κ3) is 4.12. The molecular weight excluding hydrogens is 540 g/mol. The highest BCUT2D eigenvalue weighted by atomic mass is 32.2. The molecule has 0 aromatic carbocycles. The number of carboxylic acids is 1. The summed E-state index contributed by atoms with van der Waals surface area (Å²) in [6, 6.07) is 7.88. The van der Waals surface area contributed by atoms with Gasteiger partial charge in [0.1, 0.15) is 17.4 Å². The topological polar surface area (TPSA) is 94.5 Å². The molecule has 0 amide bonds. The van der Waals surface area contributed by atoms with Crippen LogP contribution in [0.25, 0.3) is 16.0 Å². The lowest BCUT2D eigenvalue weighted by atomic mass is 9.53. The summed E-state index contributed by atoms with van der Waals surface area (Å²) in [4.78, 5) is 30.1. The number of aliphatic carboxylic acids is 1. The molecule has 0 saturated carbocycles. The second-order valence-corrected chi connectivity index (χ2v) is 15.3. The number of allylic oxidation sites excluding steroid dienone is 4. The van der Waals surface area contributed by atoms with E-state index in [9.17, 15) is 14.7 Å². The summed E-state index contributed by atoms with van der Waals surface area (Å²) in [5.74, 6) is -0.438. The summed E-state index contributed by atoms with van der Waals surface area (Å²) in [5.41, 5.74) is 3.77. The van der Waals surface area contributed by atoms with Gasteiger partial charge < -0.3 is 14.4 Å². The zero-order valence-electron chi connectivity index (χ0n) is 23.6. The van der Waals surface area contributed by atoms with Crippen LogP contribution in [0.4, 0.5) is 0 Å². The summed E-state index contributed by atoms with van der Waals surface area (Å²) in [6.45, 7) is 13.9. The van der Waals surface area contributed by atoms with Gasteiger partial charge >= 0.3 is 11.6 Å². The second kappa shape index (κ2) is 9.25. The summed E-state index contributed by atoms with van der Waals surface area (Å²) < 4.78 is 6.26. The lowest BCUT2D eigenvalue weighted by molar-refractivity contribution is -0.132. The Bertz CT molecular complexity index is 1630. The van der Waals surface area contributed by atoms with E-state index in [1.807, 2.05) is 18.2 Å². The Morgan fingerprint density at radius 3 is 2.67 bits per heavy atom. The van der Waals surface area contributed by atoms with Crippen LogP contribution in [0.5, 0.6) is 0 Å². The van der Waals surface area contributed by atoms with Crippen molar-refractivity contribution in [3.8, 4) is 16.5 Å². The minimum atomic E-state index is -1.22. The average Bonchev–Trinajstić information content (AvgIpc) is 3.55. The summed E-state index contributed by atoms with van der Waals surface area (Å²) >= 11 is 3.13. The number of nitrogens with zero attached hydrogens (tertiary/aromatic N) is 2. The third-order valence-electron chi connectivity index (χ3n) is 9.71. The highest BCUT2D eigenvalue weighted by molar-refractivity contribution is 8.03. The first-order valence-electron chi connectivity index (χ1n) is 13.8. The fraction of sp³-hybridized carbons (Fsp3) is 0.469. The summed E-state index contributed by atoms with van der Waals surface area (Å²) in [7, 11) is 0. The number of carboxylic acid groups (broad SMARTS) is 1. The molecule has 8 heteroatoms. The van der Waals surface area contributed by atoms with E-state index >= 15 is 0 Å². The van der Waals surface area contributed by atoms with Crippen LogP contribution in [0, 0.1) is 27.6 Å². The molecule has 40 heavy (non-hydrogen) atoms. The van der Waals surface area contributed by atoms with E-state index in [2.05, 4.69) is 45.6 Å². The monoisotopic (exact) mass is 574 g/mol. The highest BCUT2D eigenvalue weighted by Gasteiger charge is 2.56. The first-order chi connectivity index (χ1) is 18.8. The van der Waals surface area contributed by atoms with E-state index in [-0.39, 0.29) is 32.7 Å². The van der Waals surface area contributed by atoms with Crippen molar-refractivity contribution in [1.82, 2.24) is 4.90 Å². The molecule has 1 saturated heterocycles. The van der Waals surface area contributed by atoms with Crippen molar-refractivity contribution in [2.75, 3.05) is 13.1 Å². The number of nitriles is 1. The number of fused-ring (bicyclic) bond motifs is 2. The van der Waals surface area contributed by atoms with Crippen LogP contribution in [-0.2, 0) is 11.2 Å². The van der Waals surface area contributed by atoms with Crippen molar-refractivity contribution >= 4 is 34.6 Å². The van der Waals surface area contributed by atoms with Gasteiger partial charge in [0, 0.05) is 49.7 Å². The highest BCUT2D eigenvalue weighted by Crippen LogP contribution is 2.62. The smallest absolute Gasteiger partial charge is 0.346 e. The second-order valence-electron chi connectivity index (χ2n) is 12.9. The van der Waals surface area contributed by atoms with Gasteiger partial charge in [-0.2, -0.15) is 5.26 Å². The van der Waals surface area contributed by atoms with Crippen LogP contribution in [-0.4, -0.2) is 29.1 Å². The Balaban J connectivity index is 1.37. The Morgan fingerprint density at radius 1 is 1.20 bits per heavy atom. The molecule has 1 N–H and O–H groups in total.